The molecule has 35 heavy (non-hydrogen) atoms. The van der Waals surface area contributed by atoms with E-state index in [-0.39, 0.29) is 34.4 Å². The van der Waals surface area contributed by atoms with Gasteiger partial charge in [-0.1, -0.05) is 29.4 Å². The fraction of sp³-hybridized carbons (Fsp3) is 0.333. The van der Waals surface area contributed by atoms with E-state index in [1.807, 2.05) is 43.5 Å². The van der Waals surface area contributed by atoms with E-state index in [4.69, 9.17) is 25.8 Å². The third-order valence-corrected chi connectivity index (χ3v) is 6.19. The van der Waals surface area contributed by atoms with Crippen LogP contribution in [-0.4, -0.2) is 46.6 Å². The van der Waals surface area contributed by atoms with Crippen molar-refractivity contribution in [2.45, 2.75) is 38.1 Å². The van der Waals surface area contributed by atoms with Crippen LogP contribution >= 0.6 is 23.4 Å². The molecule has 1 heterocycles. The highest BCUT2D eigenvalue weighted by molar-refractivity contribution is 7.99. The number of nitrogens with zero attached hydrogens (tertiary/aromatic N) is 3. The molecule has 1 aromatic heterocycles. The van der Waals surface area contributed by atoms with Crippen LogP contribution in [0, 0.1) is 0 Å². The maximum absolute atomic E-state index is 12.6. The number of hydrogen-bond donors (Lipinski definition) is 1. The Morgan fingerprint density at radius 3 is 2.51 bits per heavy atom. The second kappa shape index (κ2) is 11.9. The molecule has 0 bridgehead atoms. The summed E-state index contributed by atoms with van der Waals surface area (Å²) in [6.07, 6.45) is -0.383. The number of benzene rings is 2. The van der Waals surface area contributed by atoms with Crippen LogP contribution in [0.5, 0.6) is 11.5 Å². The Hall–Kier alpha value is -3.24. The fourth-order valence-corrected chi connectivity index (χ4v) is 4.35. The molecule has 2 aromatic carbocycles. The molecule has 1 N–H and O–H groups in total. The quantitative estimate of drug-likeness (QED) is 0.289. The summed E-state index contributed by atoms with van der Waals surface area (Å²) in [5, 5.41) is 12.2. The number of anilines is 1. The molecular weight excluding hydrogens is 492 g/mol. The number of thioether (sulfide) groups is 1. The number of carbonyl (C=O) groups is 2. The zero-order valence-corrected chi connectivity index (χ0v) is 21.6. The number of esters is 1. The summed E-state index contributed by atoms with van der Waals surface area (Å²) >= 11 is 7.29. The van der Waals surface area contributed by atoms with Crippen molar-refractivity contribution in [2.24, 2.45) is 0 Å². The van der Waals surface area contributed by atoms with Gasteiger partial charge in [-0.3, -0.25) is 4.79 Å². The average Bonchev–Trinajstić information content (AvgIpc) is 3.28. The van der Waals surface area contributed by atoms with E-state index in [1.54, 1.807) is 19.2 Å². The smallest absolute Gasteiger partial charge is 0.339 e. The third kappa shape index (κ3) is 6.67. The molecule has 0 radical (unpaired) electrons. The molecular formula is C24H27ClN4O5S. The fourth-order valence-electron chi connectivity index (χ4n) is 3.28. The Kier molecular flexibility index (Phi) is 9.00. The van der Waals surface area contributed by atoms with Gasteiger partial charge < -0.3 is 24.1 Å². The molecule has 0 aliphatic rings. The van der Waals surface area contributed by atoms with Crippen LogP contribution in [0.25, 0.3) is 0 Å². The zero-order chi connectivity index (χ0) is 25.5. The normalized spacial score (nSPS) is 11.7. The molecule has 9 nitrogen and oxygen atoms in total. The minimum Gasteiger partial charge on any atom is -0.497 e. The first-order valence-electron chi connectivity index (χ1n) is 10.8. The minimum atomic E-state index is -0.580. The van der Waals surface area contributed by atoms with Crippen molar-refractivity contribution < 1.29 is 23.8 Å². The van der Waals surface area contributed by atoms with Crippen LogP contribution in [0.2, 0.25) is 5.02 Å². The van der Waals surface area contributed by atoms with E-state index < -0.39 is 5.97 Å². The Morgan fingerprint density at radius 1 is 1.09 bits per heavy atom. The lowest BCUT2D eigenvalue weighted by atomic mass is 10.2. The van der Waals surface area contributed by atoms with Crippen LogP contribution < -0.4 is 14.8 Å². The highest BCUT2D eigenvalue weighted by Crippen LogP contribution is 2.29. The van der Waals surface area contributed by atoms with Crippen molar-refractivity contribution >= 4 is 40.9 Å². The highest BCUT2D eigenvalue weighted by atomic mass is 35.5. The second-order valence-electron chi connectivity index (χ2n) is 7.77. The number of hydrogen-bond acceptors (Lipinski definition) is 8. The maximum atomic E-state index is 12.6. The summed E-state index contributed by atoms with van der Waals surface area (Å²) in [7, 11) is 2.87. The Bertz CT molecular complexity index is 1200. The van der Waals surface area contributed by atoms with Gasteiger partial charge in [0.2, 0.25) is 5.91 Å². The number of carbonyl (C=O) groups excluding carboxylic acids is 2. The van der Waals surface area contributed by atoms with Gasteiger partial charge in [0.15, 0.2) is 17.1 Å². The first-order valence-corrected chi connectivity index (χ1v) is 12.2. The number of nitrogens with one attached hydrogen (secondary N) is 1. The van der Waals surface area contributed by atoms with Crippen LogP contribution in [0.15, 0.2) is 47.6 Å². The topological polar surface area (TPSA) is 105 Å². The van der Waals surface area contributed by atoms with Gasteiger partial charge in [-0.2, -0.15) is 0 Å². The lowest BCUT2D eigenvalue weighted by molar-refractivity contribution is -0.113. The molecule has 0 aliphatic heterocycles. The number of amides is 1. The van der Waals surface area contributed by atoms with Crippen LogP contribution in [0.3, 0.4) is 0 Å². The van der Waals surface area contributed by atoms with E-state index >= 15 is 0 Å². The average molecular weight is 519 g/mol. The molecule has 0 saturated heterocycles. The van der Waals surface area contributed by atoms with Gasteiger partial charge in [0.25, 0.3) is 0 Å². The Balaban J connectivity index is 1.68. The summed E-state index contributed by atoms with van der Waals surface area (Å²) in [6.45, 7) is 5.91. The number of halogens is 1. The Labute approximate surface area is 213 Å². The van der Waals surface area contributed by atoms with E-state index in [2.05, 4.69) is 15.5 Å². The van der Waals surface area contributed by atoms with Crippen LogP contribution in [0.1, 0.15) is 49.1 Å². The highest BCUT2D eigenvalue weighted by Gasteiger charge is 2.22. The number of rotatable bonds is 10. The molecule has 1 amide bonds. The molecule has 0 aliphatic carbocycles. The van der Waals surface area contributed by atoms with Crippen molar-refractivity contribution in [2.75, 3.05) is 25.3 Å². The monoisotopic (exact) mass is 518 g/mol. The van der Waals surface area contributed by atoms with Gasteiger partial charge in [-0.25, -0.2) is 4.79 Å². The standard InChI is InChI=1S/C24H27ClN4O5S/c1-14(2)29-22(15(3)34-18-8-6-7-17(12-18)32-4)27-28-24(29)35-13-21(30)26-16-9-10-20(25)19(11-16)23(31)33-5/h6-12,14-15H,13H2,1-5H3,(H,26,30). The third-order valence-electron chi connectivity index (χ3n) is 4.91. The molecule has 11 heteroatoms. The Morgan fingerprint density at radius 2 is 1.83 bits per heavy atom. The lowest BCUT2D eigenvalue weighted by Gasteiger charge is -2.19. The van der Waals surface area contributed by atoms with Crippen molar-refractivity contribution in [1.82, 2.24) is 14.8 Å². The minimum absolute atomic E-state index is 0.0424. The summed E-state index contributed by atoms with van der Waals surface area (Å²) in [5.74, 6) is 1.23. The van der Waals surface area contributed by atoms with Gasteiger partial charge in [-0.05, 0) is 51.1 Å². The summed E-state index contributed by atoms with van der Waals surface area (Å²) in [6, 6.07) is 12.0. The number of ether oxygens (including phenoxy) is 3. The van der Waals surface area contributed by atoms with Crippen LogP contribution in [0.4, 0.5) is 5.69 Å². The van der Waals surface area contributed by atoms with E-state index in [0.717, 1.165) is 0 Å². The molecule has 1 atom stereocenters. The molecule has 3 aromatic rings. The molecule has 0 saturated carbocycles. The second-order valence-corrected chi connectivity index (χ2v) is 9.12. The molecule has 0 spiro atoms. The van der Waals surface area contributed by atoms with Crippen molar-refractivity contribution in [3.8, 4) is 11.5 Å². The van der Waals surface area contributed by atoms with E-state index in [9.17, 15) is 9.59 Å². The van der Waals surface area contributed by atoms with Gasteiger partial charge in [0, 0.05) is 17.8 Å². The van der Waals surface area contributed by atoms with E-state index in [1.165, 1.54) is 31.0 Å². The van der Waals surface area contributed by atoms with Crippen molar-refractivity contribution in [3.63, 3.8) is 0 Å². The lowest BCUT2D eigenvalue weighted by Crippen LogP contribution is -2.17. The van der Waals surface area contributed by atoms with Gasteiger partial charge >= 0.3 is 5.97 Å². The van der Waals surface area contributed by atoms with Crippen LogP contribution in [-0.2, 0) is 9.53 Å². The predicted molar refractivity (Wildman–Crippen MR) is 135 cm³/mol. The summed E-state index contributed by atoms with van der Waals surface area (Å²) < 4.78 is 18.0. The van der Waals surface area contributed by atoms with Crippen molar-refractivity contribution in [1.29, 1.82) is 0 Å². The largest absolute Gasteiger partial charge is 0.497 e. The summed E-state index contributed by atoms with van der Waals surface area (Å²) in [4.78, 5) is 24.4. The van der Waals surface area contributed by atoms with Gasteiger partial charge in [0.05, 0.1) is 30.6 Å². The van der Waals surface area contributed by atoms with Gasteiger partial charge in [0.1, 0.15) is 11.5 Å². The number of methoxy groups -OCH3 is 2. The first kappa shape index (κ1) is 26.4. The SMILES string of the molecule is COC(=O)c1cc(NC(=O)CSc2nnc(C(C)Oc3cccc(OC)c3)n2C(C)C)ccc1Cl. The zero-order valence-electron chi connectivity index (χ0n) is 20.1. The molecule has 0 fully saturated rings. The molecule has 1 unspecified atom stereocenters. The predicted octanol–water partition coefficient (Wildman–Crippen LogP) is 5.18. The summed E-state index contributed by atoms with van der Waals surface area (Å²) in [5.41, 5.74) is 0.612. The number of aromatic nitrogens is 3. The maximum Gasteiger partial charge on any atom is 0.339 e. The first-order chi connectivity index (χ1) is 16.7. The van der Waals surface area contributed by atoms with Gasteiger partial charge in [-0.15, -0.1) is 10.2 Å². The van der Waals surface area contributed by atoms with Crippen molar-refractivity contribution in [3.05, 3.63) is 58.9 Å². The molecule has 186 valence electrons. The van der Waals surface area contributed by atoms with E-state index in [0.29, 0.717) is 28.2 Å². The molecule has 3 rings (SSSR count).